The molecular weight excluding hydrogens is 197 g/mol. The summed E-state index contributed by atoms with van der Waals surface area (Å²) < 4.78 is 12.6. The van der Waals surface area contributed by atoms with Crippen LogP contribution in [0.5, 0.6) is 0 Å². The number of nitrogens with zero attached hydrogens (tertiary/aromatic N) is 3. The summed E-state index contributed by atoms with van der Waals surface area (Å²) in [6.45, 7) is 0.928. The second-order valence-corrected chi connectivity index (χ2v) is 3.73. The van der Waals surface area contributed by atoms with Crippen molar-refractivity contribution in [3.05, 3.63) is 18.2 Å². The minimum Gasteiger partial charge on any atom is -0.394 e. The van der Waals surface area contributed by atoms with Crippen molar-refractivity contribution in [2.75, 3.05) is 18.1 Å². The van der Waals surface area contributed by atoms with Crippen molar-refractivity contribution >= 4 is 5.95 Å². The van der Waals surface area contributed by atoms with Crippen LogP contribution in [0, 0.1) is 5.82 Å². The summed E-state index contributed by atoms with van der Waals surface area (Å²) in [5.74, 6) is 0.0754. The fraction of sp³-hybridized carbons (Fsp3) is 0.600. The van der Waals surface area contributed by atoms with Gasteiger partial charge in [0.05, 0.1) is 25.0 Å². The van der Waals surface area contributed by atoms with E-state index in [-0.39, 0.29) is 12.6 Å². The van der Waals surface area contributed by atoms with Crippen molar-refractivity contribution < 1.29 is 9.50 Å². The Hall–Kier alpha value is -1.23. The molecule has 1 aromatic rings. The molecule has 2 rings (SSSR count). The molecule has 0 unspecified atom stereocenters. The second kappa shape index (κ2) is 4.53. The van der Waals surface area contributed by atoms with E-state index < -0.39 is 5.82 Å². The molecule has 1 aliphatic rings. The van der Waals surface area contributed by atoms with Gasteiger partial charge in [0.2, 0.25) is 5.95 Å². The van der Waals surface area contributed by atoms with Crippen LogP contribution in [0.1, 0.15) is 19.3 Å². The van der Waals surface area contributed by atoms with E-state index in [9.17, 15) is 9.50 Å². The Labute approximate surface area is 87.8 Å². The van der Waals surface area contributed by atoms with Crippen LogP contribution in [-0.4, -0.2) is 34.3 Å². The molecule has 1 atom stereocenters. The number of rotatable bonds is 2. The first-order valence-corrected chi connectivity index (χ1v) is 5.16. The maximum absolute atomic E-state index is 12.6. The molecule has 1 saturated heterocycles. The minimum atomic E-state index is -0.434. The van der Waals surface area contributed by atoms with Crippen molar-refractivity contribution in [1.29, 1.82) is 0 Å². The van der Waals surface area contributed by atoms with Crippen molar-refractivity contribution in [3.8, 4) is 0 Å². The molecule has 1 fully saturated rings. The van der Waals surface area contributed by atoms with Crippen LogP contribution >= 0.6 is 0 Å². The van der Waals surface area contributed by atoms with Gasteiger partial charge in [-0.25, -0.2) is 14.4 Å². The average Bonchev–Trinajstić information content (AvgIpc) is 2.30. The molecular formula is C10H14FN3O. The molecule has 82 valence electrons. The Kier molecular flexibility index (Phi) is 3.11. The predicted octanol–water partition coefficient (Wildman–Crippen LogP) is 0.967. The van der Waals surface area contributed by atoms with Gasteiger partial charge in [0.25, 0.3) is 0 Å². The molecule has 0 saturated carbocycles. The second-order valence-electron chi connectivity index (χ2n) is 3.73. The highest BCUT2D eigenvalue weighted by atomic mass is 19.1. The Bertz CT molecular complexity index is 317. The summed E-state index contributed by atoms with van der Waals surface area (Å²) in [6, 6.07) is 0.0733. The van der Waals surface area contributed by atoms with Gasteiger partial charge in [-0.05, 0) is 19.3 Å². The van der Waals surface area contributed by atoms with Gasteiger partial charge in [-0.15, -0.1) is 0 Å². The third kappa shape index (κ3) is 2.23. The zero-order chi connectivity index (χ0) is 10.7. The Balaban J connectivity index is 2.16. The SMILES string of the molecule is OC[C@@H]1CCCCN1c1ncc(F)cn1. The molecule has 4 nitrogen and oxygen atoms in total. The molecule has 1 aromatic heterocycles. The van der Waals surface area contributed by atoms with E-state index in [1.54, 1.807) is 0 Å². The zero-order valence-corrected chi connectivity index (χ0v) is 8.43. The lowest BCUT2D eigenvalue weighted by Crippen LogP contribution is -2.42. The standard InChI is InChI=1S/C10H14FN3O/c11-8-5-12-10(13-6-8)14-4-2-1-3-9(14)7-15/h5-6,9,15H,1-4,7H2/t9-/m0/s1. The largest absolute Gasteiger partial charge is 0.394 e. The first-order chi connectivity index (χ1) is 7.31. The van der Waals surface area contributed by atoms with Gasteiger partial charge in [-0.2, -0.15) is 0 Å². The molecule has 0 radical (unpaired) electrons. The monoisotopic (exact) mass is 211 g/mol. The first kappa shape index (κ1) is 10.3. The molecule has 1 N–H and O–H groups in total. The van der Waals surface area contributed by atoms with Crippen LogP contribution in [0.4, 0.5) is 10.3 Å². The summed E-state index contributed by atoms with van der Waals surface area (Å²) in [5, 5.41) is 9.21. The van der Waals surface area contributed by atoms with Crippen LogP contribution in [-0.2, 0) is 0 Å². The number of aliphatic hydroxyl groups excluding tert-OH is 1. The summed E-state index contributed by atoms with van der Waals surface area (Å²) in [7, 11) is 0. The van der Waals surface area contributed by atoms with Gasteiger partial charge in [0.1, 0.15) is 0 Å². The highest BCUT2D eigenvalue weighted by Crippen LogP contribution is 2.20. The Morgan fingerprint density at radius 1 is 1.40 bits per heavy atom. The molecule has 0 aromatic carbocycles. The fourth-order valence-electron chi connectivity index (χ4n) is 1.91. The molecule has 0 amide bonds. The van der Waals surface area contributed by atoms with Crippen LogP contribution in [0.2, 0.25) is 0 Å². The van der Waals surface area contributed by atoms with Gasteiger partial charge in [-0.1, -0.05) is 0 Å². The van der Waals surface area contributed by atoms with Crippen LogP contribution in [0.3, 0.4) is 0 Å². The molecule has 0 aliphatic carbocycles. The molecule has 0 bridgehead atoms. The lowest BCUT2D eigenvalue weighted by atomic mass is 10.0. The van der Waals surface area contributed by atoms with Gasteiger partial charge in [-0.3, -0.25) is 0 Å². The lowest BCUT2D eigenvalue weighted by Gasteiger charge is -2.34. The quantitative estimate of drug-likeness (QED) is 0.791. The Morgan fingerprint density at radius 2 is 2.13 bits per heavy atom. The number of halogens is 1. The summed E-state index contributed by atoms with van der Waals surface area (Å²) in [5.41, 5.74) is 0. The van der Waals surface area contributed by atoms with Crippen LogP contribution in [0.25, 0.3) is 0 Å². The molecule has 0 spiro atoms. The first-order valence-electron chi connectivity index (χ1n) is 5.16. The highest BCUT2D eigenvalue weighted by Gasteiger charge is 2.23. The summed E-state index contributed by atoms with van der Waals surface area (Å²) in [4.78, 5) is 9.81. The van der Waals surface area contributed by atoms with E-state index in [0.717, 1.165) is 38.2 Å². The van der Waals surface area contributed by atoms with Gasteiger partial charge < -0.3 is 10.0 Å². The lowest BCUT2D eigenvalue weighted by molar-refractivity contribution is 0.238. The number of anilines is 1. The molecule has 2 heterocycles. The summed E-state index contributed by atoms with van der Waals surface area (Å²) >= 11 is 0. The Morgan fingerprint density at radius 3 is 2.80 bits per heavy atom. The van der Waals surface area contributed by atoms with E-state index in [1.165, 1.54) is 0 Å². The van der Waals surface area contributed by atoms with Crippen molar-refractivity contribution in [2.24, 2.45) is 0 Å². The van der Waals surface area contributed by atoms with Gasteiger partial charge in [0.15, 0.2) is 5.82 Å². The average molecular weight is 211 g/mol. The minimum absolute atomic E-state index is 0.0733. The number of hydrogen-bond donors (Lipinski definition) is 1. The zero-order valence-electron chi connectivity index (χ0n) is 8.43. The maximum Gasteiger partial charge on any atom is 0.225 e. The highest BCUT2D eigenvalue weighted by molar-refractivity contribution is 5.31. The number of aliphatic hydroxyl groups is 1. The molecule has 1 aliphatic heterocycles. The number of aromatic nitrogens is 2. The van der Waals surface area contributed by atoms with Crippen molar-refractivity contribution in [1.82, 2.24) is 9.97 Å². The third-order valence-electron chi connectivity index (χ3n) is 2.70. The van der Waals surface area contributed by atoms with E-state index in [0.29, 0.717) is 5.95 Å². The van der Waals surface area contributed by atoms with Crippen molar-refractivity contribution in [3.63, 3.8) is 0 Å². The van der Waals surface area contributed by atoms with Crippen LogP contribution < -0.4 is 4.90 Å². The summed E-state index contributed by atoms with van der Waals surface area (Å²) in [6.07, 6.45) is 5.44. The number of hydrogen-bond acceptors (Lipinski definition) is 4. The van der Waals surface area contributed by atoms with Crippen LogP contribution in [0.15, 0.2) is 12.4 Å². The van der Waals surface area contributed by atoms with E-state index in [2.05, 4.69) is 9.97 Å². The van der Waals surface area contributed by atoms with Gasteiger partial charge >= 0.3 is 0 Å². The molecule has 15 heavy (non-hydrogen) atoms. The molecule has 5 heteroatoms. The maximum atomic E-state index is 12.6. The van der Waals surface area contributed by atoms with E-state index in [4.69, 9.17) is 0 Å². The third-order valence-corrected chi connectivity index (χ3v) is 2.70. The van der Waals surface area contributed by atoms with Crippen molar-refractivity contribution in [2.45, 2.75) is 25.3 Å². The predicted molar refractivity (Wildman–Crippen MR) is 54.1 cm³/mol. The fourth-order valence-corrected chi connectivity index (χ4v) is 1.91. The normalized spacial score (nSPS) is 21.7. The number of piperidine rings is 1. The van der Waals surface area contributed by atoms with Gasteiger partial charge in [0, 0.05) is 6.54 Å². The van der Waals surface area contributed by atoms with E-state index >= 15 is 0 Å². The van der Waals surface area contributed by atoms with E-state index in [1.807, 2.05) is 4.90 Å². The smallest absolute Gasteiger partial charge is 0.225 e. The topological polar surface area (TPSA) is 49.2 Å².